The van der Waals surface area contributed by atoms with Gasteiger partial charge in [0.1, 0.15) is 17.2 Å². The Morgan fingerprint density at radius 2 is 1.79 bits per heavy atom. The van der Waals surface area contributed by atoms with E-state index in [1.165, 1.54) is 5.56 Å². The maximum Gasteiger partial charge on any atom is 0.259 e. The molecule has 0 saturated heterocycles. The number of anilines is 1. The Bertz CT molecular complexity index is 1290. The number of carbonyl (C=O) groups is 1. The van der Waals surface area contributed by atoms with E-state index in [9.17, 15) is 4.79 Å². The molecule has 4 aromatic rings. The smallest absolute Gasteiger partial charge is 0.259 e. The number of aryl methyl sites for hydroxylation is 2. The molecule has 170 valence electrons. The maximum atomic E-state index is 12.7. The van der Waals surface area contributed by atoms with E-state index in [1.54, 1.807) is 12.1 Å². The van der Waals surface area contributed by atoms with Crippen molar-refractivity contribution in [1.29, 1.82) is 0 Å². The minimum Gasteiger partial charge on any atom is -0.493 e. The van der Waals surface area contributed by atoms with Gasteiger partial charge in [-0.05, 0) is 76.6 Å². The van der Waals surface area contributed by atoms with Crippen LogP contribution in [0.2, 0.25) is 0 Å². The van der Waals surface area contributed by atoms with Gasteiger partial charge < -0.3 is 14.5 Å². The van der Waals surface area contributed by atoms with E-state index in [1.807, 2.05) is 61.9 Å². The number of amides is 1. The summed E-state index contributed by atoms with van der Waals surface area (Å²) >= 11 is 0. The van der Waals surface area contributed by atoms with Crippen molar-refractivity contribution < 1.29 is 13.9 Å². The number of nitrogens with zero attached hydrogens (tertiary/aromatic N) is 3. The molecular formula is C26H28N4O3. The Balaban J connectivity index is 1.49. The number of nitrogens with one attached hydrogen (secondary N) is 1. The van der Waals surface area contributed by atoms with Crippen molar-refractivity contribution in [3.8, 4) is 17.2 Å². The molecule has 2 aromatic carbocycles. The molecule has 7 nitrogen and oxygen atoms in total. The minimum absolute atomic E-state index is 0.221. The van der Waals surface area contributed by atoms with Gasteiger partial charge in [-0.15, -0.1) is 0 Å². The fourth-order valence-electron chi connectivity index (χ4n) is 3.61. The summed E-state index contributed by atoms with van der Waals surface area (Å²) in [6, 6.07) is 14.6. The summed E-state index contributed by atoms with van der Waals surface area (Å²) in [7, 11) is 0. The molecule has 0 spiro atoms. The van der Waals surface area contributed by atoms with Crippen LogP contribution in [-0.4, -0.2) is 27.3 Å². The van der Waals surface area contributed by atoms with Gasteiger partial charge in [0, 0.05) is 16.9 Å². The first-order valence-corrected chi connectivity index (χ1v) is 11.0. The van der Waals surface area contributed by atoms with Gasteiger partial charge in [0.05, 0.1) is 24.4 Å². The summed E-state index contributed by atoms with van der Waals surface area (Å²) in [5.74, 6) is 1.65. The highest BCUT2D eigenvalue weighted by Crippen LogP contribution is 2.25. The van der Waals surface area contributed by atoms with Crippen molar-refractivity contribution in [3.63, 3.8) is 0 Å². The van der Waals surface area contributed by atoms with Crippen LogP contribution < -0.4 is 10.1 Å². The molecule has 7 heteroatoms. The molecule has 0 bridgehead atoms. The number of oxazole rings is 1. The van der Waals surface area contributed by atoms with Crippen molar-refractivity contribution >= 4 is 11.6 Å². The zero-order chi connectivity index (χ0) is 23.5. The molecule has 4 rings (SSSR count). The normalized spacial score (nSPS) is 10.9. The topological polar surface area (TPSA) is 82.2 Å². The number of carbonyl (C=O) groups excluding carboxylic acids is 1. The highest BCUT2D eigenvalue weighted by atomic mass is 16.5. The first-order chi connectivity index (χ1) is 15.9. The van der Waals surface area contributed by atoms with Crippen molar-refractivity contribution in [3.05, 3.63) is 82.5 Å². The fraction of sp³-hybridized carbons (Fsp3) is 0.269. The van der Waals surface area contributed by atoms with Crippen LogP contribution in [-0.2, 0) is 6.54 Å². The molecule has 0 unspecified atom stereocenters. The summed E-state index contributed by atoms with van der Waals surface area (Å²) in [4.78, 5) is 17.4. The third-order valence-electron chi connectivity index (χ3n) is 5.76. The average molecular weight is 445 g/mol. The molecular weight excluding hydrogens is 416 g/mol. The molecule has 33 heavy (non-hydrogen) atoms. The van der Waals surface area contributed by atoms with E-state index in [0.29, 0.717) is 36.0 Å². The zero-order valence-corrected chi connectivity index (χ0v) is 19.6. The van der Waals surface area contributed by atoms with Gasteiger partial charge in [0.2, 0.25) is 5.89 Å². The van der Waals surface area contributed by atoms with Gasteiger partial charge in [0.25, 0.3) is 5.91 Å². The Labute approximate surface area is 193 Å². The lowest BCUT2D eigenvalue weighted by Crippen LogP contribution is -2.13. The summed E-state index contributed by atoms with van der Waals surface area (Å²) in [6.07, 6.45) is 0. The largest absolute Gasteiger partial charge is 0.493 e. The van der Waals surface area contributed by atoms with Crippen molar-refractivity contribution in [2.75, 3.05) is 11.9 Å². The number of aromatic nitrogens is 3. The van der Waals surface area contributed by atoms with Crippen LogP contribution in [0.3, 0.4) is 0 Å². The maximum absolute atomic E-state index is 12.7. The Hall–Kier alpha value is -3.87. The van der Waals surface area contributed by atoms with Gasteiger partial charge in [-0.3, -0.25) is 9.48 Å². The van der Waals surface area contributed by atoms with E-state index in [0.717, 1.165) is 28.4 Å². The third kappa shape index (κ3) is 4.67. The molecule has 0 fully saturated rings. The van der Waals surface area contributed by atoms with Crippen molar-refractivity contribution in [1.82, 2.24) is 14.8 Å². The van der Waals surface area contributed by atoms with Crippen LogP contribution in [0, 0.1) is 27.7 Å². The second kappa shape index (κ2) is 9.32. The highest BCUT2D eigenvalue weighted by Gasteiger charge is 2.16. The first-order valence-electron chi connectivity index (χ1n) is 11.0. The summed E-state index contributed by atoms with van der Waals surface area (Å²) in [5.41, 5.74) is 6.20. The van der Waals surface area contributed by atoms with Gasteiger partial charge in [-0.1, -0.05) is 12.1 Å². The fourth-order valence-corrected chi connectivity index (χ4v) is 3.61. The average Bonchev–Trinajstić information content (AvgIpc) is 3.29. The van der Waals surface area contributed by atoms with E-state index in [4.69, 9.17) is 14.1 Å². The third-order valence-corrected chi connectivity index (χ3v) is 5.76. The Kier molecular flexibility index (Phi) is 6.31. The molecule has 0 radical (unpaired) electrons. The van der Waals surface area contributed by atoms with Gasteiger partial charge in [-0.25, -0.2) is 4.98 Å². The predicted octanol–water partition coefficient (Wildman–Crippen LogP) is 5.47. The van der Waals surface area contributed by atoms with Crippen molar-refractivity contribution in [2.24, 2.45) is 0 Å². The first kappa shape index (κ1) is 22.3. The molecule has 1 amide bonds. The number of ether oxygens (including phenoxy) is 1. The van der Waals surface area contributed by atoms with Crippen LogP contribution in [0.4, 0.5) is 5.69 Å². The van der Waals surface area contributed by atoms with E-state index in [2.05, 4.69) is 24.3 Å². The Morgan fingerprint density at radius 3 is 2.45 bits per heavy atom. The summed E-state index contributed by atoms with van der Waals surface area (Å²) < 4.78 is 13.4. The van der Waals surface area contributed by atoms with E-state index in [-0.39, 0.29) is 5.91 Å². The molecule has 2 heterocycles. The van der Waals surface area contributed by atoms with E-state index < -0.39 is 0 Å². The van der Waals surface area contributed by atoms with Crippen LogP contribution in [0.15, 0.2) is 52.9 Å². The second-order valence-corrected chi connectivity index (χ2v) is 7.94. The zero-order valence-electron chi connectivity index (χ0n) is 19.6. The lowest BCUT2D eigenvalue weighted by atomic mass is 10.1. The lowest BCUT2D eigenvalue weighted by Gasteiger charge is -2.10. The predicted molar refractivity (Wildman–Crippen MR) is 128 cm³/mol. The number of benzene rings is 2. The summed E-state index contributed by atoms with van der Waals surface area (Å²) in [5, 5.41) is 7.51. The molecule has 0 aliphatic heterocycles. The van der Waals surface area contributed by atoms with Gasteiger partial charge >= 0.3 is 0 Å². The number of hydrogen-bond donors (Lipinski definition) is 1. The monoisotopic (exact) mass is 444 g/mol. The van der Waals surface area contributed by atoms with Gasteiger partial charge in [0.15, 0.2) is 0 Å². The quantitative estimate of drug-likeness (QED) is 0.409. The minimum atomic E-state index is -0.221. The number of para-hydroxylation sites is 1. The lowest BCUT2D eigenvalue weighted by molar-refractivity contribution is 0.102. The molecule has 2 aromatic heterocycles. The number of rotatable bonds is 7. The van der Waals surface area contributed by atoms with Crippen LogP contribution in [0.1, 0.15) is 45.7 Å². The molecule has 0 saturated carbocycles. The molecule has 0 aliphatic rings. The SMILES string of the molecule is CCOc1ccccc1C(=O)Nc1ccc(-c2nc(Cn3nc(C)c(C)c3C)c(C)o2)cc1. The standard InChI is InChI=1S/C26H28N4O3/c1-6-32-24-10-8-7-9-22(24)25(31)27-21-13-11-20(12-14-21)26-28-23(19(5)33-26)15-30-18(4)16(2)17(3)29-30/h7-14H,6,15H2,1-5H3,(H,27,31). The van der Waals surface area contributed by atoms with Crippen molar-refractivity contribution in [2.45, 2.75) is 41.2 Å². The number of hydrogen-bond acceptors (Lipinski definition) is 5. The highest BCUT2D eigenvalue weighted by molar-refractivity contribution is 6.06. The van der Waals surface area contributed by atoms with Crippen LogP contribution >= 0.6 is 0 Å². The Morgan fingerprint density at radius 1 is 1.06 bits per heavy atom. The molecule has 0 atom stereocenters. The van der Waals surface area contributed by atoms with Crippen LogP contribution in [0.25, 0.3) is 11.5 Å². The van der Waals surface area contributed by atoms with Crippen LogP contribution in [0.5, 0.6) is 5.75 Å². The molecule has 0 aliphatic carbocycles. The summed E-state index contributed by atoms with van der Waals surface area (Å²) in [6.45, 7) is 11.0. The van der Waals surface area contributed by atoms with Gasteiger partial charge in [-0.2, -0.15) is 5.10 Å². The second-order valence-electron chi connectivity index (χ2n) is 7.94. The molecule has 1 N–H and O–H groups in total. The van der Waals surface area contributed by atoms with E-state index >= 15 is 0 Å².